The Kier molecular flexibility index (Phi) is 6.07. The molecule has 5 rings (SSSR count). The first kappa shape index (κ1) is 23.6. The van der Waals surface area contributed by atoms with Crippen LogP contribution >= 0.6 is 0 Å². The zero-order chi connectivity index (χ0) is 22.8. The number of rotatable bonds is 4. The quantitative estimate of drug-likeness (QED) is 0.529. The van der Waals surface area contributed by atoms with E-state index in [1.807, 2.05) is 0 Å². The zero-order valence-corrected chi connectivity index (χ0v) is 21.4. The first-order chi connectivity index (χ1) is 15.1. The van der Waals surface area contributed by atoms with Gasteiger partial charge >= 0.3 is 0 Å². The first-order valence-corrected chi connectivity index (χ1v) is 14.1. The van der Waals surface area contributed by atoms with Crippen molar-refractivity contribution in [3.63, 3.8) is 0 Å². The standard InChI is InChI=1S/C29H50O3/c1-20(9-12-29(31)15-17-32-18-16-29)23-7-8-24-22-6-5-21-19-26(2,30)13-14-27(21,3)25(22)10-11-28(23,24)4/h20-25,30-31H,5-19H2,1-4H3/t20-,21+,22+,23-,24+,25+,26+,27+,28-/m1/s1. The van der Waals surface area contributed by atoms with Crippen LogP contribution in [0.3, 0.4) is 0 Å². The topological polar surface area (TPSA) is 49.7 Å². The van der Waals surface area contributed by atoms with Crippen LogP contribution in [0.1, 0.15) is 111 Å². The molecule has 0 amide bonds. The third-order valence-corrected chi connectivity index (χ3v) is 12.2. The fraction of sp³-hybridized carbons (Fsp3) is 1.00. The van der Waals surface area contributed by atoms with Gasteiger partial charge in [0.1, 0.15) is 0 Å². The van der Waals surface area contributed by atoms with Crippen molar-refractivity contribution in [3.8, 4) is 0 Å². The number of ether oxygens (including phenoxy) is 1. The maximum Gasteiger partial charge on any atom is 0.0691 e. The summed E-state index contributed by atoms with van der Waals surface area (Å²) in [7, 11) is 0. The van der Waals surface area contributed by atoms with Gasteiger partial charge in [0.25, 0.3) is 0 Å². The number of aliphatic hydroxyl groups is 2. The molecular weight excluding hydrogens is 396 g/mol. The molecular formula is C29H50O3. The van der Waals surface area contributed by atoms with Crippen LogP contribution in [0, 0.1) is 46.3 Å². The van der Waals surface area contributed by atoms with Gasteiger partial charge in [-0.25, -0.2) is 0 Å². The molecule has 0 unspecified atom stereocenters. The zero-order valence-electron chi connectivity index (χ0n) is 21.4. The Hall–Kier alpha value is -0.120. The summed E-state index contributed by atoms with van der Waals surface area (Å²) in [5.41, 5.74) is 0.0611. The van der Waals surface area contributed by atoms with E-state index in [9.17, 15) is 10.2 Å². The Morgan fingerprint density at radius 3 is 2.28 bits per heavy atom. The third-order valence-electron chi connectivity index (χ3n) is 12.2. The summed E-state index contributed by atoms with van der Waals surface area (Å²) in [5.74, 6) is 4.97. The van der Waals surface area contributed by atoms with Gasteiger partial charge in [-0.05, 0) is 137 Å². The van der Waals surface area contributed by atoms with E-state index in [1.165, 1.54) is 51.4 Å². The highest BCUT2D eigenvalue weighted by atomic mass is 16.5. The van der Waals surface area contributed by atoms with Gasteiger partial charge in [0.2, 0.25) is 0 Å². The Morgan fingerprint density at radius 2 is 1.53 bits per heavy atom. The summed E-state index contributed by atoms with van der Waals surface area (Å²) in [6.45, 7) is 11.3. The molecule has 0 bridgehead atoms. The minimum Gasteiger partial charge on any atom is -0.390 e. The van der Waals surface area contributed by atoms with E-state index in [0.717, 1.165) is 74.9 Å². The Balaban J connectivity index is 1.27. The molecule has 9 atom stereocenters. The van der Waals surface area contributed by atoms with E-state index in [-0.39, 0.29) is 0 Å². The Labute approximate surface area is 197 Å². The lowest BCUT2D eigenvalue weighted by atomic mass is 9.43. The van der Waals surface area contributed by atoms with Gasteiger partial charge in [-0.3, -0.25) is 0 Å². The SMILES string of the molecule is C[C@H](CCC1(O)CCOCC1)[C@H]1CC[C@H]2[C@@H]3CC[C@H]4C[C@@](C)(O)CC[C@]4(C)[C@H]3CC[C@]12C. The number of hydrogen-bond donors (Lipinski definition) is 2. The molecule has 0 aromatic rings. The van der Waals surface area contributed by atoms with Crippen molar-refractivity contribution in [3.05, 3.63) is 0 Å². The average Bonchev–Trinajstić information content (AvgIpc) is 3.10. The second kappa shape index (κ2) is 8.23. The van der Waals surface area contributed by atoms with Gasteiger partial charge in [0, 0.05) is 13.2 Å². The maximum absolute atomic E-state index is 11.0. The van der Waals surface area contributed by atoms with E-state index in [2.05, 4.69) is 27.7 Å². The smallest absolute Gasteiger partial charge is 0.0691 e. The van der Waals surface area contributed by atoms with E-state index in [0.29, 0.717) is 16.7 Å². The fourth-order valence-electron chi connectivity index (χ4n) is 10.1. The first-order valence-electron chi connectivity index (χ1n) is 14.1. The van der Waals surface area contributed by atoms with Crippen LogP contribution in [0.2, 0.25) is 0 Å². The second-order valence-electron chi connectivity index (χ2n) is 13.9. The van der Waals surface area contributed by atoms with Crippen LogP contribution in [-0.4, -0.2) is 34.6 Å². The highest BCUT2D eigenvalue weighted by Crippen LogP contribution is 2.68. The number of hydrogen-bond acceptors (Lipinski definition) is 3. The van der Waals surface area contributed by atoms with Crippen molar-refractivity contribution >= 4 is 0 Å². The highest BCUT2D eigenvalue weighted by molar-refractivity contribution is 5.10. The molecule has 3 heteroatoms. The molecule has 0 aromatic carbocycles. The van der Waals surface area contributed by atoms with Gasteiger partial charge in [0.05, 0.1) is 11.2 Å². The fourth-order valence-corrected chi connectivity index (χ4v) is 10.1. The molecule has 5 aliphatic rings. The molecule has 32 heavy (non-hydrogen) atoms. The van der Waals surface area contributed by atoms with Crippen LogP contribution in [0.5, 0.6) is 0 Å². The molecule has 0 aromatic heterocycles. The predicted octanol–water partition coefficient (Wildman–Crippen LogP) is 6.35. The number of fused-ring (bicyclic) bond motifs is 5. The van der Waals surface area contributed by atoms with E-state index in [4.69, 9.17) is 4.74 Å². The lowest BCUT2D eigenvalue weighted by Gasteiger charge is -2.62. The van der Waals surface area contributed by atoms with Crippen LogP contribution in [0.25, 0.3) is 0 Å². The predicted molar refractivity (Wildman–Crippen MR) is 129 cm³/mol. The summed E-state index contributed by atoms with van der Waals surface area (Å²) in [6, 6.07) is 0. The van der Waals surface area contributed by atoms with Crippen LogP contribution in [0.4, 0.5) is 0 Å². The minimum atomic E-state index is -0.474. The van der Waals surface area contributed by atoms with Crippen molar-refractivity contribution in [2.75, 3.05) is 13.2 Å². The molecule has 0 radical (unpaired) electrons. The second-order valence-corrected chi connectivity index (χ2v) is 13.9. The average molecular weight is 447 g/mol. The minimum absolute atomic E-state index is 0.428. The lowest BCUT2D eigenvalue weighted by Crippen LogP contribution is -2.55. The molecule has 4 aliphatic carbocycles. The molecule has 184 valence electrons. The Bertz CT molecular complexity index is 682. The largest absolute Gasteiger partial charge is 0.390 e. The summed E-state index contributed by atoms with van der Waals surface area (Å²) < 4.78 is 5.49. The van der Waals surface area contributed by atoms with Crippen molar-refractivity contribution in [2.45, 2.75) is 122 Å². The van der Waals surface area contributed by atoms with Crippen molar-refractivity contribution in [2.24, 2.45) is 46.3 Å². The van der Waals surface area contributed by atoms with E-state index < -0.39 is 11.2 Å². The van der Waals surface area contributed by atoms with Crippen LogP contribution in [0.15, 0.2) is 0 Å². The summed E-state index contributed by atoms with van der Waals surface area (Å²) in [4.78, 5) is 0. The van der Waals surface area contributed by atoms with Gasteiger partial charge in [-0.1, -0.05) is 20.8 Å². The molecule has 2 N–H and O–H groups in total. The maximum atomic E-state index is 11.0. The monoisotopic (exact) mass is 446 g/mol. The molecule has 4 saturated carbocycles. The lowest BCUT2D eigenvalue weighted by molar-refractivity contribution is -0.148. The normalized spacial score (nSPS) is 51.4. The molecule has 1 heterocycles. The van der Waals surface area contributed by atoms with Gasteiger partial charge in [-0.2, -0.15) is 0 Å². The summed E-state index contributed by atoms with van der Waals surface area (Å²) >= 11 is 0. The molecule has 0 spiro atoms. The van der Waals surface area contributed by atoms with E-state index in [1.54, 1.807) is 0 Å². The highest BCUT2D eigenvalue weighted by Gasteiger charge is 2.61. The van der Waals surface area contributed by atoms with Crippen molar-refractivity contribution in [1.29, 1.82) is 0 Å². The Morgan fingerprint density at radius 1 is 0.812 bits per heavy atom. The summed E-state index contributed by atoms with van der Waals surface area (Å²) in [5, 5.41) is 21.7. The van der Waals surface area contributed by atoms with Crippen molar-refractivity contribution in [1.82, 2.24) is 0 Å². The van der Waals surface area contributed by atoms with Crippen LogP contribution < -0.4 is 0 Å². The van der Waals surface area contributed by atoms with Crippen LogP contribution in [-0.2, 0) is 4.74 Å². The molecule has 1 saturated heterocycles. The summed E-state index contributed by atoms with van der Waals surface area (Å²) in [6.07, 6.45) is 15.4. The van der Waals surface area contributed by atoms with Gasteiger partial charge in [-0.15, -0.1) is 0 Å². The molecule has 1 aliphatic heterocycles. The van der Waals surface area contributed by atoms with Gasteiger partial charge < -0.3 is 14.9 Å². The van der Waals surface area contributed by atoms with Crippen molar-refractivity contribution < 1.29 is 14.9 Å². The molecule has 3 nitrogen and oxygen atoms in total. The van der Waals surface area contributed by atoms with E-state index >= 15 is 0 Å². The third kappa shape index (κ3) is 3.91. The molecule has 5 fully saturated rings. The van der Waals surface area contributed by atoms with Gasteiger partial charge in [0.15, 0.2) is 0 Å².